The summed E-state index contributed by atoms with van der Waals surface area (Å²) in [4.78, 5) is 73.1. The maximum atomic E-state index is 13.1. The Kier molecular flexibility index (Phi) is 74.3. The molecule has 0 heterocycles. The topological polar surface area (TPSA) is 237 Å². The molecule has 106 heavy (non-hydrogen) atoms. The van der Waals surface area contributed by atoms with Crippen LogP contribution in [-0.4, -0.2) is 96.7 Å². The van der Waals surface area contributed by atoms with Crippen LogP contribution >= 0.6 is 15.6 Å². The van der Waals surface area contributed by atoms with Gasteiger partial charge in [-0.15, -0.1) is 0 Å². The first-order valence-corrected chi connectivity index (χ1v) is 44.1. The quantitative estimate of drug-likeness (QED) is 0.0169. The normalized spacial score (nSPS) is 14.6. The van der Waals surface area contributed by atoms with Crippen LogP contribution in [-0.2, 0) is 65.4 Å². The van der Waals surface area contributed by atoms with Crippen molar-refractivity contribution in [1.82, 2.24) is 0 Å². The Morgan fingerprint density at radius 2 is 0.500 bits per heavy atom. The molecular weight excluding hydrogens is 1380 g/mol. The summed E-state index contributed by atoms with van der Waals surface area (Å²) in [6.07, 6.45) is 89.7. The lowest BCUT2D eigenvalue weighted by Crippen LogP contribution is -2.30. The molecule has 0 bridgehead atoms. The van der Waals surface area contributed by atoms with Crippen molar-refractivity contribution in [2.45, 2.75) is 341 Å². The first-order chi connectivity index (χ1) is 51.7. The van der Waals surface area contributed by atoms with Crippen LogP contribution < -0.4 is 0 Å². The number of phosphoric ester groups is 2. The molecule has 0 rings (SSSR count). The molecule has 0 radical (unpaired) electrons. The van der Waals surface area contributed by atoms with Gasteiger partial charge in [0.05, 0.1) is 26.4 Å². The highest BCUT2D eigenvalue weighted by Gasteiger charge is 2.30. The fourth-order valence-electron chi connectivity index (χ4n) is 10.6. The number of ether oxygens (including phenoxy) is 4. The van der Waals surface area contributed by atoms with Gasteiger partial charge in [0.1, 0.15) is 19.3 Å². The number of aliphatic hydroxyl groups is 1. The summed E-state index contributed by atoms with van der Waals surface area (Å²) in [6, 6.07) is 0. The predicted molar refractivity (Wildman–Crippen MR) is 436 cm³/mol. The highest BCUT2D eigenvalue weighted by molar-refractivity contribution is 7.47. The van der Waals surface area contributed by atoms with Gasteiger partial charge in [-0.3, -0.25) is 37.3 Å². The second kappa shape index (κ2) is 78.1. The molecule has 3 N–H and O–H groups in total. The van der Waals surface area contributed by atoms with Gasteiger partial charge in [-0.1, -0.05) is 283 Å². The van der Waals surface area contributed by atoms with Crippen molar-refractivity contribution >= 4 is 39.5 Å². The number of allylic oxidation sites excluding steroid dienone is 24. The van der Waals surface area contributed by atoms with Crippen LogP contribution in [0, 0.1) is 0 Å². The van der Waals surface area contributed by atoms with E-state index in [1.165, 1.54) is 57.8 Å². The number of aliphatic hydroxyl groups excluding tert-OH is 1. The van der Waals surface area contributed by atoms with Gasteiger partial charge < -0.3 is 33.8 Å². The molecule has 0 saturated heterocycles. The molecule has 0 aromatic carbocycles. The van der Waals surface area contributed by atoms with Crippen LogP contribution in [0.2, 0.25) is 0 Å². The van der Waals surface area contributed by atoms with E-state index in [9.17, 15) is 43.2 Å². The van der Waals surface area contributed by atoms with Crippen LogP contribution in [0.1, 0.15) is 323 Å². The van der Waals surface area contributed by atoms with Gasteiger partial charge in [0.15, 0.2) is 12.2 Å². The molecule has 0 aliphatic heterocycles. The number of unbranched alkanes of at least 4 members (excludes halogenated alkanes) is 26. The van der Waals surface area contributed by atoms with E-state index in [2.05, 4.69) is 161 Å². The van der Waals surface area contributed by atoms with Gasteiger partial charge in [-0.25, -0.2) is 9.13 Å². The minimum atomic E-state index is -5.00. The first kappa shape index (κ1) is 101. The zero-order valence-electron chi connectivity index (χ0n) is 66.3. The Hall–Kier alpha value is -5.06. The maximum Gasteiger partial charge on any atom is 0.472 e. The van der Waals surface area contributed by atoms with Crippen LogP contribution in [0.3, 0.4) is 0 Å². The molecule has 0 saturated carbocycles. The average molecular weight is 1530 g/mol. The molecule has 0 aromatic rings. The molecule has 19 heteroatoms. The first-order valence-electron chi connectivity index (χ1n) is 41.1. The number of hydrogen-bond acceptors (Lipinski definition) is 15. The molecule has 0 aliphatic carbocycles. The number of phosphoric acid groups is 2. The van der Waals surface area contributed by atoms with Gasteiger partial charge in [-0.2, -0.15) is 0 Å². The van der Waals surface area contributed by atoms with Crippen molar-refractivity contribution in [3.63, 3.8) is 0 Å². The van der Waals surface area contributed by atoms with Gasteiger partial charge >= 0.3 is 39.5 Å². The van der Waals surface area contributed by atoms with Crippen molar-refractivity contribution in [3.05, 3.63) is 146 Å². The Bertz CT molecular complexity index is 2580. The summed E-state index contributed by atoms with van der Waals surface area (Å²) in [7, 11) is -9.99. The van der Waals surface area contributed by atoms with Crippen molar-refractivity contribution in [2.24, 2.45) is 0 Å². The number of esters is 4. The van der Waals surface area contributed by atoms with Gasteiger partial charge in [0.25, 0.3) is 0 Å². The van der Waals surface area contributed by atoms with Crippen molar-refractivity contribution in [2.75, 3.05) is 39.6 Å². The number of hydrogen-bond donors (Lipinski definition) is 3. The zero-order valence-corrected chi connectivity index (χ0v) is 68.1. The minimum absolute atomic E-state index is 0.0674. The summed E-state index contributed by atoms with van der Waals surface area (Å²) in [5.41, 5.74) is 0. The van der Waals surface area contributed by atoms with Gasteiger partial charge in [-0.05, 0) is 161 Å². The monoisotopic (exact) mass is 1530 g/mol. The van der Waals surface area contributed by atoms with Crippen LogP contribution in [0.4, 0.5) is 0 Å². The lowest BCUT2D eigenvalue weighted by molar-refractivity contribution is -0.161. The number of rotatable bonds is 76. The molecule has 5 unspecified atom stereocenters. The molecule has 17 nitrogen and oxygen atoms in total. The summed E-state index contributed by atoms with van der Waals surface area (Å²) >= 11 is 0. The summed E-state index contributed by atoms with van der Waals surface area (Å²) < 4.78 is 68.6. The molecule has 5 atom stereocenters. The molecule has 0 fully saturated rings. The molecule has 606 valence electrons. The van der Waals surface area contributed by atoms with E-state index in [-0.39, 0.29) is 25.7 Å². The maximum absolute atomic E-state index is 13.1. The van der Waals surface area contributed by atoms with E-state index in [0.29, 0.717) is 32.1 Å². The SMILES string of the molecule is CC/C=C\C/C=C\C/C=C\C/C=C\C/C=C\CCCC(=O)OCC(COP(=O)(O)OCC(O)COP(=O)(O)OCC(COC(=O)CCCCCCCC/C=C\C/C=C\C/C=C\CCCCC)OC(=O)CCCCCCC/C=C\C/C=C\C/C=C\CC)OC(=O)CCCCCCC/C=C\CCCCCCCC. The van der Waals surface area contributed by atoms with Crippen LogP contribution in [0.5, 0.6) is 0 Å². The molecular formula is C87H146O17P2. The highest BCUT2D eigenvalue weighted by Crippen LogP contribution is 2.45. The van der Waals surface area contributed by atoms with Crippen molar-refractivity contribution in [3.8, 4) is 0 Å². The molecule has 0 spiro atoms. The Labute approximate surface area is 643 Å². The third-order valence-corrected chi connectivity index (χ3v) is 18.7. The third-order valence-electron chi connectivity index (χ3n) is 16.8. The fraction of sp³-hybridized carbons (Fsp3) is 0.678. The van der Waals surface area contributed by atoms with E-state index >= 15 is 0 Å². The second-order valence-electron chi connectivity index (χ2n) is 26.9. The summed E-state index contributed by atoms with van der Waals surface area (Å²) in [5.74, 6) is -2.28. The lowest BCUT2D eigenvalue weighted by Gasteiger charge is -2.21. The van der Waals surface area contributed by atoms with Crippen molar-refractivity contribution < 1.29 is 80.2 Å². The predicted octanol–water partition coefficient (Wildman–Crippen LogP) is 24.2. The standard InChI is InChI=1S/C87H146O17P2/c1-5-9-13-17-21-25-29-33-37-39-40-42-46-48-52-56-60-64-68-72-85(90)98-78-83(104-87(92)74-70-66-62-58-54-50-44-36-32-28-24-20-16-12-8-4)80-102-106(95,96)100-76-81(88)75-99-105(93,94)101-79-82(103-86(91)73-69-65-61-57-53-49-43-35-31-27-23-19-15-11-7-3)77-97-84(89)71-67-63-59-55-51-47-45-41-38-34-30-26-22-18-14-10-6-2/h10,12,14,16,21-22,24-26,28,33-38,40,42-45,47,55,59,81-83,88H,5-9,11,13,15,17-20,23,27,29-32,39,41,46,48-54,56-58,60-80H2,1-4H3,(H,93,94)(H,95,96)/b14-10-,16-12-,25-21-,26-22-,28-24-,37-33-,38-34-,42-40-,43-35-,44-36-,47-45-,59-55-. The Morgan fingerprint density at radius 3 is 0.821 bits per heavy atom. The lowest BCUT2D eigenvalue weighted by atomic mass is 10.1. The third kappa shape index (κ3) is 77.1. The van der Waals surface area contributed by atoms with Gasteiger partial charge in [0, 0.05) is 25.7 Å². The van der Waals surface area contributed by atoms with E-state index in [1.807, 2.05) is 12.2 Å². The largest absolute Gasteiger partial charge is 0.472 e. The van der Waals surface area contributed by atoms with E-state index in [1.54, 1.807) is 0 Å². The average Bonchev–Trinajstić information content (AvgIpc) is 0.928. The summed E-state index contributed by atoms with van der Waals surface area (Å²) in [6.45, 7) is 4.52. The Balaban J connectivity index is 5.44. The van der Waals surface area contributed by atoms with E-state index < -0.39 is 97.5 Å². The number of carbonyl (C=O) groups excluding carboxylic acids is 4. The van der Waals surface area contributed by atoms with E-state index in [0.717, 1.165) is 180 Å². The fourth-order valence-corrected chi connectivity index (χ4v) is 12.1. The molecule has 0 amide bonds. The molecule has 0 aliphatic rings. The smallest absolute Gasteiger partial charge is 0.462 e. The van der Waals surface area contributed by atoms with Crippen LogP contribution in [0.15, 0.2) is 146 Å². The minimum Gasteiger partial charge on any atom is -0.462 e. The summed E-state index contributed by atoms with van der Waals surface area (Å²) in [5, 5.41) is 10.7. The zero-order chi connectivity index (χ0) is 77.4. The van der Waals surface area contributed by atoms with E-state index in [4.69, 9.17) is 37.0 Å². The molecule has 0 aromatic heterocycles. The van der Waals surface area contributed by atoms with Crippen LogP contribution in [0.25, 0.3) is 0 Å². The highest BCUT2D eigenvalue weighted by atomic mass is 31.2. The Morgan fingerprint density at radius 1 is 0.274 bits per heavy atom. The van der Waals surface area contributed by atoms with Crippen molar-refractivity contribution in [1.29, 1.82) is 0 Å². The van der Waals surface area contributed by atoms with Gasteiger partial charge in [0.2, 0.25) is 0 Å². The second-order valence-corrected chi connectivity index (χ2v) is 29.8. The number of carbonyl (C=O) groups is 4.